The molecule has 150 valence electrons. The first-order chi connectivity index (χ1) is 13.5. The first kappa shape index (κ1) is 19.0. The Labute approximate surface area is 164 Å². The van der Waals surface area contributed by atoms with E-state index in [0.29, 0.717) is 12.8 Å². The zero-order valence-corrected chi connectivity index (χ0v) is 16.1. The number of benzene rings is 1. The van der Waals surface area contributed by atoms with Crippen LogP contribution in [0.25, 0.3) is 10.9 Å². The van der Waals surface area contributed by atoms with Crippen molar-refractivity contribution in [2.75, 3.05) is 13.1 Å². The number of aliphatic carboxylic acids is 1. The summed E-state index contributed by atoms with van der Waals surface area (Å²) >= 11 is 0. The average molecular weight is 386 g/mol. The third-order valence-electron chi connectivity index (χ3n) is 6.24. The average Bonchev–Trinajstić information content (AvgIpc) is 2.93. The molecule has 5 nitrogen and oxygen atoms in total. The number of nitrogens with zero attached hydrogens (tertiary/aromatic N) is 2. The first-order valence-corrected chi connectivity index (χ1v) is 10.3. The smallest absolute Gasteiger partial charge is 0.323 e. The summed E-state index contributed by atoms with van der Waals surface area (Å²) in [6, 6.07) is 4.51. The molecule has 0 bridgehead atoms. The number of carboxylic acids is 1. The van der Waals surface area contributed by atoms with Crippen LogP contribution in [0.2, 0.25) is 0 Å². The summed E-state index contributed by atoms with van der Waals surface area (Å²) in [6.45, 7) is 1.53. The van der Waals surface area contributed by atoms with Gasteiger partial charge in [0, 0.05) is 35.6 Å². The molecule has 1 atom stereocenters. The van der Waals surface area contributed by atoms with Gasteiger partial charge in [0.25, 0.3) is 0 Å². The van der Waals surface area contributed by atoms with Crippen LogP contribution >= 0.6 is 0 Å². The van der Waals surface area contributed by atoms with Gasteiger partial charge in [-0.05, 0) is 55.9 Å². The van der Waals surface area contributed by atoms with Gasteiger partial charge in [0.15, 0.2) is 0 Å². The fourth-order valence-electron chi connectivity index (χ4n) is 4.87. The fraction of sp³-hybridized carbons (Fsp3) is 0.545. The molecule has 1 unspecified atom stereocenters. The lowest BCUT2D eigenvalue weighted by Crippen LogP contribution is -2.40. The molecule has 1 fully saturated rings. The van der Waals surface area contributed by atoms with Gasteiger partial charge in [-0.3, -0.25) is 9.59 Å². The van der Waals surface area contributed by atoms with Gasteiger partial charge < -0.3 is 14.6 Å². The molecule has 0 saturated carbocycles. The molecule has 0 spiro atoms. The highest BCUT2D eigenvalue weighted by atomic mass is 19.1. The zero-order valence-electron chi connectivity index (χ0n) is 16.1. The van der Waals surface area contributed by atoms with Crippen LogP contribution in [-0.2, 0) is 29.0 Å². The van der Waals surface area contributed by atoms with Crippen LogP contribution in [0.15, 0.2) is 18.2 Å². The van der Waals surface area contributed by atoms with Crippen molar-refractivity contribution in [2.45, 2.75) is 57.9 Å². The van der Waals surface area contributed by atoms with Crippen LogP contribution in [-0.4, -0.2) is 39.5 Å². The van der Waals surface area contributed by atoms with Crippen molar-refractivity contribution < 1.29 is 19.1 Å². The minimum Gasteiger partial charge on any atom is -0.480 e. The molecule has 1 aliphatic carbocycles. The highest BCUT2D eigenvalue weighted by Gasteiger charge is 2.32. The van der Waals surface area contributed by atoms with Gasteiger partial charge in [0.2, 0.25) is 5.91 Å². The minimum atomic E-state index is -0.914. The summed E-state index contributed by atoms with van der Waals surface area (Å²) in [5.74, 6) is -1.13. The van der Waals surface area contributed by atoms with E-state index in [1.54, 1.807) is 10.6 Å². The van der Waals surface area contributed by atoms with Gasteiger partial charge in [-0.15, -0.1) is 0 Å². The highest BCUT2D eigenvalue weighted by molar-refractivity contribution is 5.89. The van der Waals surface area contributed by atoms with E-state index >= 15 is 0 Å². The fourth-order valence-corrected chi connectivity index (χ4v) is 4.87. The summed E-state index contributed by atoms with van der Waals surface area (Å²) in [7, 11) is 0. The number of carbonyl (C=O) groups excluding carboxylic acids is 1. The summed E-state index contributed by atoms with van der Waals surface area (Å²) in [5, 5.41) is 10.1. The SMILES string of the molecule is O=C(O)Cn1c2c(c3cc(F)ccc31)CC(C(=O)N1CCCCCCC1)CC2. The number of carbonyl (C=O) groups is 2. The third kappa shape index (κ3) is 3.64. The molecular formula is C22H27FN2O3. The van der Waals surface area contributed by atoms with Gasteiger partial charge in [-0.2, -0.15) is 0 Å². The number of fused-ring (bicyclic) bond motifs is 3. The van der Waals surface area contributed by atoms with E-state index in [1.807, 2.05) is 4.90 Å². The summed E-state index contributed by atoms with van der Waals surface area (Å²) < 4.78 is 15.7. The molecule has 2 aliphatic rings. The van der Waals surface area contributed by atoms with Crippen LogP contribution in [0.4, 0.5) is 4.39 Å². The van der Waals surface area contributed by atoms with Gasteiger partial charge in [-0.25, -0.2) is 4.39 Å². The Bertz CT molecular complexity index is 897. The lowest BCUT2D eigenvalue weighted by molar-refractivity contribution is -0.138. The molecule has 0 radical (unpaired) electrons. The number of rotatable bonds is 3. The molecule has 1 saturated heterocycles. The summed E-state index contributed by atoms with van der Waals surface area (Å²) in [5.41, 5.74) is 2.64. The number of hydrogen-bond donors (Lipinski definition) is 1. The van der Waals surface area contributed by atoms with Crippen molar-refractivity contribution in [3.8, 4) is 0 Å². The number of amides is 1. The lowest BCUT2D eigenvalue weighted by Gasteiger charge is -2.31. The quantitative estimate of drug-likeness (QED) is 0.874. The molecule has 6 heteroatoms. The molecule has 4 rings (SSSR count). The number of hydrogen-bond acceptors (Lipinski definition) is 2. The Balaban J connectivity index is 1.64. The Morgan fingerprint density at radius 1 is 1.11 bits per heavy atom. The lowest BCUT2D eigenvalue weighted by atomic mass is 9.85. The molecule has 2 aromatic rings. The van der Waals surface area contributed by atoms with Gasteiger partial charge in [-0.1, -0.05) is 19.3 Å². The normalized spacial score (nSPS) is 20.5. The van der Waals surface area contributed by atoms with Crippen molar-refractivity contribution in [2.24, 2.45) is 5.92 Å². The van der Waals surface area contributed by atoms with Crippen LogP contribution < -0.4 is 0 Å². The van der Waals surface area contributed by atoms with Gasteiger partial charge >= 0.3 is 5.97 Å². The van der Waals surface area contributed by atoms with E-state index in [4.69, 9.17) is 0 Å². The van der Waals surface area contributed by atoms with Crippen molar-refractivity contribution >= 4 is 22.8 Å². The number of halogens is 1. The Kier molecular flexibility index (Phi) is 5.38. The standard InChI is InChI=1S/C22H27FN2O3/c23-16-7-9-20-18(13-16)17-12-15(6-8-19(17)25(20)14-21(26)27)22(28)24-10-4-2-1-3-5-11-24/h7,9,13,15H,1-6,8,10-12,14H2,(H,26,27). The van der Waals surface area contributed by atoms with Crippen LogP contribution in [0.1, 0.15) is 49.8 Å². The van der Waals surface area contributed by atoms with Crippen molar-refractivity contribution in [1.29, 1.82) is 0 Å². The van der Waals surface area contributed by atoms with E-state index in [9.17, 15) is 19.1 Å². The number of carboxylic acid groups (broad SMARTS) is 1. The van der Waals surface area contributed by atoms with Crippen molar-refractivity contribution in [3.63, 3.8) is 0 Å². The van der Waals surface area contributed by atoms with Crippen LogP contribution in [0.3, 0.4) is 0 Å². The highest BCUT2D eigenvalue weighted by Crippen LogP contribution is 2.35. The maximum absolute atomic E-state index is 13.9. The molecule has 28 heavy (non-hydrogen) atoms. The Hall–Kier alpha value is -2.37. The maximum atomic E-state index is 13.9. The third-order valence-corrected chi connectivity index (χ3v) is 6.24. The van der Waals surface area contributed by atoms with Crippen molar-refractivity contribution in [3.05, 3.63) is 35.3 Å². The van der Waals surface area contributed by atoms with Gasteiger partial charge in [0.1, 0.15) is 12.4 Å². The molecular weight excluding hydrogens is 359 g/mol. The van der Waals surface area contributed by atoms with Gasteiger partial charge in [0.05, 0.1) is 0 Å². The predicted octanol–water partition coefficient (Wildman–Crippen LogP) is 3.76. The monoisotopic (exact) mass is 386 g/mol. The number of aromatic nitrogens is 1. The predicted molar refractivity (Wildman–Crippen MR) is 105 cm³/mol. The molecule has 2 heterocycles. The second kappa shape index (κ2) is 7.94. The summed E-state index contributed by atoms with van der Waals surface area (Å²) in [6.07, 6.45) is 7.69. The molecule has 1 amide bonds. The first-order valence-electron chi connectivity index (χ1n) is 10.3. The van der Waals surface area contributed by atoms with Crippen LogP contribution in [0.5, 0.6) is 0 Å². The minimum absolute atomic E-state index is 0.0981. The Morgan fingerprint density at radius 2 is 1.82 bits per heavy atom. The second-order valence-corrected chi connectivity index (χ2v) is 8.10. The molecule has 1 aromatic heterocycles. The molecule has 1 aliphatic heterocycles. The molecule has 1 N–H and O–H groups in total. The van der Waals surface area contributed by atoms with Crippen LogP contribution in [0, 0.1) is 11.7 Å². The zero-order chi connectivity index (χ0) is 19.7. The topological polar surface area (TPSA) is 62.5 Å². The van der Waals surface area contributed by atoms with E-state index < -0.39 is 5.97 Å². The number of likely N-dealkylation sites (tertiary alicyclic amines) is 1. The van der Waals surface area contributed by atoms with E-state index in [-0.39, 0.29) is 24.2 Å². The van der Waals surface area contributed by atoms with E-state index in [0.717, 1.165) is 54.5 Å². The maximum Gasteiger partial charge on any atom is 0.323 e. The second-order valence-electron chi connectivity index (χ2n) is 8.10. The largest absolute Gasteiger partial charge is 0.480 e. The molecule has 1 aromatic carbocycles. The van der Waals surface area contributed by atoms with E-state index in [1.165, 1.54) is 31.4 Å². The summed E-state index contributed by atoms with van der Waals surface area (Å²) in [4.78, 5) is 26.5. The Morgan fingerprint density at radius 3 is 2.54 bits per heavy atom. The van der Waals surface area contributed by atoms with Crippen molar-refractivity contribution in [1.82, 2.24) is 9.47 Å². The van der Waals surface area contributed by atoms with E-state index in [2.05, 4.69) is 0 Å².